The second-order valence-corrected chi connectivity index (χ2v) is 11.9. The number of rotatable bonds is 6. The van der Waals surface area contributed by atoms with Gasteiger partial charge in [-0.15, -0.1) is 10.2 Å². The summed E-state index contributed by atoms with van der Waals surface area (Å²) in [7, 11) is -0.786. The molecule has 3 aromatic heterocycles. The molecule has 0 spiro atoms. The van der Waals surface area contributed by atoms with E-state index in [4.69, 9.17) is 9.52 Å². The van der Waals surface area contributed by atoms with Gasteiger partial charge in [-0.3, -0.25) is 9.10 Å². The Morgan fingerprint density at radius 3 is 2.33 bits per heavy atom. The van der Waals surface area contributed by atoms with Gasteiger partial charge in [-0.2, -0.15) is 9.61 Å². The van der Waals surface area contributed by atoms with Crippen LogP contribution in [0.5, 0.6) is 0 Å². The van der Waals surface area contributed by atoms with E-state index in [1.165, 1.54) is 38.4 Å². The van der Waals surface area contributed by atoms with E-state index in [2.05, 4.69) is 15.5 Å². The molecule has 1 amide bonds. The predicted octanol–water partition coefficient (Wildman–Crippen LogP) is 5.07. The third-order valence-corrected chi connectivity index (χ3v) is 8.24. The molecule has 10 nitrogen and oxygen atoms in total. The van der Waals surface area contributed by atoms with Crippen molar-refractivity contribution in [3.05, 3.63) is 89.7 Å². The summed E-state index contributed by atoms with van der Waals surface area (Å²) in [5.74, 6) is -0.125. The van der Waals surface area contributed by atoms with Crippen LogP contribution < -0.4 is 9.62 Å². The van der Waals surface area contributed by atoms with Gasteiger partial charge in [0.25, 0.3) is 5.91 Å². The molecule has 6 aromatic rings. The number of hydrogen-bond acceptors (Lipinski definition) is 7. The highest BCUT2D eigenvalue weighted by Gasteiger charge is 2.26. The number of anilines is 1. The van der Waals surface area contributed by atoms with Gasteiger partial charge in [0.1, 0.15) is 17.2 Å². The van der Waals surface area contributed by atoms with Crippen molar-refractivity contribution in [3.63, 3.8) is 0 Å². The van der Waals surface area contributed by atoms with Crippen LogP contribution in [0.25, 0.3) is 50.6 Å². The van der Waals surface area contributed by atoms with Crippen molar-refractivity contribution < 1.29 is 22.0 Å². The lowest BCUT2D eigenvalue weighted by Gasteiger charge is -2.20. The molecule has 0 unspecified atom stereocenters. The molecular formula is C30H25FN6O4S. The number of hydrogen-bond donors (Lipinski definition) is 1. The van der Waals surface area contributed by atoms with Crippen molar-refractivity contribution in [1.82, 2.24) is 25.1 Å². The average molecular weight is 585 g/mol. The topological polar surface area (TPSA) is 123 Å². The fourth-order valence-electron chi connectivity index (χ4n) is 4.75. The molecule has 0 aliphatic carbocycles. The molecule has 0 radical (unpaired) electrons. The summed E-state index contributed by atoms with van der Waals surface area (Å²) in [6, 6.07) is 20.0. The van der Waals surface area contributed by atoms with Gasteiger partial charge in [0.2, 0.25) is 10.0 Å². The van der Waals surface area contributed by atoms with E-state index in [1.54, 1.807) is 28.8 Å². The number of aryl methyl sites for hydroxylation is 1. The molecule has 12 heteroatoms. The summed E-state index contributed by atoms with van der Waals surface area (Å²) in [6.07, 6.45) is 1.09. The van der Waals surface area contributed by atoms with Gasteiger partial charge in [-0.25, -0.2) is 12.8 Å². The first kappa shape index (κ1) is 27.1. The van der Waals surface area contributed by atoms with Gasteiger partial charge >= 0.3 is 0 Å². The van der Waals surface area contributed by atoms with Crippen LogP contribution in [-0.4, -0.2) is 54.5 Å². The van der Waals surface area contributed by atoms with Crippen LogP contribution in [-0.2, 0) is 10.0 Å². The van der Waals surface area contributed by atoms with E-state index in [0.29, 0.717) is 33.7 Å². The van der Waals surface area contributed by atoms with Gasteiger partial charge in [-0.1, -0.05) is 29.8 Å². The first-order chi connectivity index (χ1) is 20.0. The first-order valence-electron chi connectivity index (χ1n) is 12.9. The van der Waals surface area contributed by atoms with Gasteiger partial charge < -0.3 is 9.73 Å². The molecule has 42 heavy (non-hydrogen) atoms. The van der Waals surface area contributed by atoms with Crippen LogP contribution >= 0.6 is 0 Å². The van der Waals surface area contributed by atoms with Crippen LogP contribution in [0.2, 0.25) is 0 Å². The highest BCUT2D eigenvalue weighted by Crippen LogP contribution is 2.41. The minimum Gasteiger partial charge on any atom is -0.455 e. The van der Waals surface area contributed by atoms with E-state index >= 15 is 0 Å². The molecule has 0 atom stereocenters. The maximum atomic E-state index is 13.7. The number of sulfonamides is 1. The fraction of sp³-hybridized carbons (Fsp3) is 0.133. The van der Waals surface area contributed by atoms with Crippen LogP contribution in [0.1, 0.15) is 15.9 Å². The Labute approximate surface area is 240 Å². The van der Waals surface area contributed by atoms with Crippen LogP contribution in [0.15, 0.2) is 77.2 Å². The van der Waals surface area contributed by atoms with Crippen molar-refractivity contribution in [2.24, 2.45) is 0 Å². The smallest absolute Gasteiger partial charge is 0.255 e. The van der Waals surface area contributed by atoms with Crippen molar-refractivity contribution in [1.29, 1.82) is 0 Å². The number of furan rings is 1. The monoisotopic (exact) mass is 584 g/mol. The Morgan fingerprint density at radius 1 is 0.976 bits per heavy atom. The number of halogens is 1. The summed E-state index contributed by atoms with van der Waals surface area (Å²) in [5.41, 5.74) is 4.50. The number of benzene rings is 3. The Kier molecular flexibility index (Phi) is 6.49. The van der Waals surface area contributed by atoms with Crippen molar-refractivity contribution in [2.75, 3.05) is 24.7 Å². The highest BCUT2D eigenvalue weighted by atomic mass is 32.2. The first-order valence-corrected chi connectivity index (χ1v) is 14.7. The molecule has 0 bridgehead atoms. The van der Waals surface area contributed by atoms with Gasteiger partial charge in [0.05, 0.1) is 23.2 Å². The zero-order valence-electron chi connectivity index (χ0n) is 23.1. The molecule has 6 rings (SSSR count). The Morgan fingerprint density at radius 2 is 1.67 bits per heavy atom. The molecule has 0 saturated carbocycles. The second-order valence-electron chi connectivity index (χ2n) is 9.87. The maximum Gasteiger partial charge on any atom is 0.255 e. The standard InChI is InChI=1S/C30H25FN6O4S/c1-17-5-7-19(8-6-17)29-34-33-26-14-13-23(35-37(26)29)21-15-22-25(16-24(21)36(3)42(4,39)40)41-28(27(22)30(38)32-2)18-9-11-20(31)12-10-18/h5-16H,1-4H3,(H,32,38). The average Bonchev–Trinajstić information content (AvgIpc) is 3.57. The predicted molar refractivity (Wildman–Crippen MR) is 158 cm³/mol. The zero-order chi connectivity index (χ0) is 29.8. The number of nitrogens with one attached hydrogen (secondary N) is 1. The summed E-state index contributed by atoms with van der Waals surface area (Å²) in [6.45, 7) is 1.99. The lowest BCUT2D eigenvalue weighted by Crippen LogP contribution is -2.25. The minimum absolute atomic E-state index is 0.221. The highest BCUT2D eigenvalue weighted by molar-refractivity contribution is 7.92. The molecule has 3 heterocycles. The van der Waals surface area contributed by atoms with Gasteiger partial charge in [-0.05, 0) is 49.4 Å². The number of aromatic nitrogens is 4. The van der Waals surface area contributed by atoms with Crippen molar-refractivity contribution in [2.45, 2.75) is 6.92 Å². The molecule has 3 aromatic carbocycles. The maximum absolute atomic E-state index is 13.7. The Bertz CT molecular complexity index is 2100. The number of amides is 1. The van der Waals surface area contributed by atoms with Gasteiger partial charge in [0, 0.05) is 42.2 Å². The second kappa shape index (κ2) is 10.1. The Balaban J connectivity index is 1.63. The quantitative estimate of drug-likeness (QED) is 0.290. The largest absolute Gasteiger partial charge is 0.455 e. The van der Waals surface area contributed by atoms with E-state index in [9.17, 15) is 17.6 Å². The van der Waals surface area contributed by atoms with Crippen molar-refractivity contribution in [3.8, 4) is 34.0 Å². The molecular weight excluding hydrogens is 559 g/mol. The number of carbonyl (C=O) groups excluding carboxylic acids is 1. The fourth-order valence-corrected chi connectivity index (χ4v) is 5.26. The summed E-state index contributed by atoms with van der Waals surface area (Å²) >= 11 is 0. The van der Waals surface area contributed by atoms with Crippen LogP contribution in [0, 0.1) is 12.7 Å². The molecule has 0 aliphatic heterocycles. The number of nitrogens with zero attached hydrogens (tertiary/aromatic N) is 5. The van der Waals surface area contributed by atoms with Gasteiger partial charge in [0.15, 0.2) is 11.5 Å². The normalized spacial score (nSPS) is 11.7. The molecule has 0 aliphatic rings. The van der Waals surface area contributed by atoms with E-state index in [0.717, 1.165) is 21.7 Å². The number of fused-ring (bicyclic) bond motifs is 2. The summed E-state index contributed by atoms with van der Waals surface area (Å²) < 4.78 is 48.0. The minimum atomic E-state index is -3.71. The number of carbonyl (C=O) groups is 1. The molecule has 0 fully saturated rings. The third-order valence-electron chi connectivity index (χ3n) is 7.05. The third kappa shape index (κ3) is 4.65. The molecule has 1 N–H and O–H groups in total. The lowest BCUT2D eigenvalue weighted by atomic mass is 10.0. The zero-order valence-corrected chi connectivity index (χ0v) is 23.9. The van der Waals surface area contributed by atoms with E-state index in [1.807, 2.05) is 31.2 Å². The van der Waals surface area contributed by atoms with Crippen LogP contribution in [0.3, 0.4) is 0 Å². The van der Waals surface area contributed by atoms with Crippen molar-refractivity contribution >= 4 is 38.2 Å². The van der Waals surface area contributed by atoms with E-state index in [-0.39, 0.29) is 22.6 Å². The molecule has 0 saturated heterocycles. The SMILES string of the molecule is CNC(=O)c1c(-c2ccc(F)cc2)oc2cc(N(C)S(C)(=O)=O)c(-c3ccc4nnc(-c5ccc(C)cc5)n4n3)cc12. The lowest BCUT2D eigenvalue weighted by molar-refractivity contribution is 0.0964. The summed E-state index contributed by atoms with van der Waals surface area (Å²) in [5, 5.41) is 16.4. The Hall–Kier alpha value is -5.10. The molecule has 212 valence electrons. The van der Waals surface area contributed by atoms with Crippen LogP contribution in [0.4, 0.5) is 10.1 Å². The van der Waals surface area contributed by atoms with E-state index < -0.39 is 21.7 Å². The summed E-state index contributed by atoms with van der Waals surface area (Å²) in [4.78, 5) is 13.2.